The molecule has 0 bridgehead atoms. The summed E-state index contributed by atoms with van der Waals surface area (Å²) in [7, 11) is 0. The Balaban J connectivity index is 1.81. The number of aromatic nitrogens is 1. The zero-order chi connectivity index (χ0) is 10.7. The molecule has 1 aliphatic carbocycles. The number of nitrogens with zero attached hydrogens (tertiary/aromatic N) is 1. The van der Waals surface area contributed by atoms with E-state index in [1.165, 1.54) is 12.3 Å². The minimum absolute atomic E-state index is 0.181. The summed E-state index contributed by atoms with van der Waals surface area (Å²) in [6.07, 6.45) is 3.93. The van der Waals surface area contributed by atoms with Gasteiger partial charge < -0.3 is 14.9 Å². The van der Waals surface area contributed by atoms with Crippen LogP contribution in [0.15, 0.2) is 16.9 Å². The average molecular weight is 210 g/mol. The summed E-state index contributed by atoms with van der Waals surface area (Å²) < 4.78 is 4.57. The summed E-state index contributed by atoms with van der Waals surface area (Å²) >= 11 is 0. The number of amides is 1. The lowest BCUT2D eigenvalue weighted by Gasteiger charge is -2.14. The molecule has 1 aromatic heterocycles. The van der Waals surface area contributed by atoms with E-state index in [-0.39, 0.29) is 23.6 Å². The van der Waals surface area contributed by atoms with Crippen molar-refractivity contribution in [3.05, 3.63) is 18.0 Å². The summed E-state index contributed by atoms with van der Waals surface area (Å²) in [5.74, 6) is -0.0660. The molecule has 0 spiro atoms. The molecule has 15 heavy (non-hydrogen) atoms. The van der Waals surface area contributed by atoms with Crippen LogP contribution < -0.4 is 5.32 Å². The third-order valence-electron chi connectivity index (χ3n) is 2.81. The van der Waals surface area contributed by atoms with Crippen molar-refractivity contribution in [3.63, 3.8) is 0 Å². The molecule has 2 unspecified atom stereocenters. The first-order valence-electron chi connectivity index (χ1n) is 5.14. The molecule has 1 fully saturated rings. The van der Waals surface area contributed by atoms with Crippen LogP contribution in [0, 0.1) is 5.92 Å². The molecule has 0 saturated heterocycles. The highest BCUT2D eigenvalue weighted by atomic mass is 16.5. The average Bonchev–Trinajstić information content (AvgIpc) is 2.85. The van der Waals surface area contributed by atoms with Crippen LogP contribution in [-0.4, -0.2) is 28.8 Å². The molecule has 82 valence electrons. The fourth-order valence-corrected chi connectivity index (χ4v) is 1.90. The molecule has 2 rings (SSSR count). The number of aliphatic hydroxyl groups excluding tert-OH is 1. The van der Waals surface area contributed by atoms with Crippen LogP contribution in [0.2, 0.25) is 0 Å². The first-order chi connectivity index (χ1) is 7.27. The van der Waals surface area contributed by atoms with Crippen molar-refractivity contribution >= 4 is 5.91 Å². The summed E-state index contributed by atoms with van der Waals surface area (Å²) in [6.45, 7) is 0.507. The fraction of sp³-hybridized carbons (Fsp3) is 0.600. The molecule has 0 radical (unpaired) electrons. The van der Waals surface area contributed by atoms with E-state index in [9.17, 15) is 9.90 Å². The van der Waals surface area contributed by atoms with Crippen molar-refractivity contribution in [3.8, 4) is 0 Å². The second kappa shape index (κ2) is 4.44. The quantitative estimate of drug-likeness (QED) is 0.764. The molecule has 5 heteroatoms. The van der Waals surface area contributed by atoms with Crippen LogP contribution in [0.1, 0.15) is 29.8 Å². The van der Waals surface area contributed by atoms with Gasteiger partial charge in [-0.1, -0.05) is 11.6 Å². The maximum atomic E-state index is 11.5. The summed E-state index contributed by atoms with van der Waals surface area (Å²) in [5.41, 5.74) is 0.280. The highest BCUT2D eigenvalue weighted by molar-refractivity contribution is 5.91. The predicted octanol–water partition coefficient (Wildman–Crippen LogP) is 0.565. The molecule has 1 amide bonds. The Labute approximate surface area is 87.5 Å². The zero-order valence-corrected chi connectivity index (χ0v) is 8.35. The second-order valence-corrected chi connectivity index (χ2v) is 3.85. The van der Waals surface area contributed by atoms with Crippen LogP contribution in [0.3, 0.4) is 0 Å². The van der Waals surface area contributed by atoms with Gasteiger partial charge in [0.2, 0.25) is 0 Å². The van der Waals surface area contributed by atoms with Gasteiger partial charge in [0, 0.05) is 18.5 Å². The lowest BCUT2D eigenvalue weighted by atomic mass is 10.1. The lowest BCUT2D eigenvalue weighted by Crippen LogP contribution is -2.32. The van der Waals surface area contributed by atoms with Gasteiger partial charge in [-0.3, -0.25) is 4.79 Å². The Kier molecular flexibility index (Phi) is 3.01. The molecule has 0 aromatic carbocycles. The first-order valence-corrected chi connectivity index (χ1v) is 5.14. The molecule has 5 nitrogen and oxygen atoms in total. The first kappa shape index (κ1) is 10.2. The zero-order valence-electron chi connectivity index (χ0n) is 8.35. The number of carbonyl (C=O) groups is 1. The molecule has 1 heterocycles. The Morgan fingerprint density at radius 1 is 1.67 bits per heavy atom. The number of carbonyl (C=O) groups excluding carboxylic acids is 1. The number of aliphatic hydroxyl groups is 1. The van der Waals surface area contributed by atoms with Crippen molar-refractivity contribution in [2.75, 3.05) is 6.54 Å². The van der Waals surface area contributed by atoms with E-state index in [0.717, 1.165) is 19.3 Å². The van der Waals surface area contributed by atoms with Gasteiger partial charge in [0.1, 0.15) is 6.26 Å². The van der Waals surface area contributed by atoms with E-state index in [2.05, 4.69) is 15.0 Å². The van der Waals surface area contributed by atoms with Gasteiger partial charge in [-0.2, -0.15) is 0 Å². The van der Waals surface area contributed by atoms with Gasteiger partial charge in [-0.25, -0.2) is 0 Å². The number of hydrogen-bond acceptors (Lipinski definition) is 4. The number of hydrogen-bond donors (Lipinski definition) is 2. The standard InChI is InChI=1S/C10H14N2O3/c13-9-3-1-2-7(9)6-11-10(14)8-4-5-15-12-8/h4-5,7,9,13H,1-3,6H2,(H,11,14). The molecule has 2 atom stereocenters. The van der Waals surface area contributed by atoms with Crippen molar-refractivity contribution in [2.24, 2.45) is 5.92 Å². The Morgan fingerprint density at radius 3 is 3.13 bits per heavy atom. The maximum Gasteiger partial charge on any atom is 0.273 e. The molecule has 1 saturated carbocycles. The van der Waals surface area contributed by atoms with Gasteiger partial charge in [0.05, 0.1) is 6.10 Å². The third-order valence-corrected chi connectivity index (χ3v) is 2.81. The summed E-state index contributed by atoms with van der Waals surface area (Å²) in [4.78, 5) is 11.5. The highest BCUT2D eigenvalue weighted by Crippen LogP contribution is 2.24. The van der Waals surface area contributed by atoms with E-state index in [0.29, 0.717) is 6.54 Å². The second-order valence-electron chi connectivity index (χ2n) is 3.85. The van der Waals surface area contributed by atoms with Crippen molar-refractivity contribution < 1.29 is 14.4 Å². The molecule has 1 aromatic rings. The van der Waals surface area contributed by atoms with Crippen LogP contribution in [0.25, 0.3) is 0 Å². The van der Waals surface area contributed by atoms with Crippen molar-refractivity contribution in [1.29, 1.82) is 0 Å². The molecular weight excluding hydrogens is 196 g/mol. The van der Waals surface area contributed by atoms with Crippen molar-refractivity contribution in [2.45, 2.75) is 25.4 Å². The Hall–Kier alpha value is -1.36. The number of rotatable bonds is 3. The van der Waals surface area contributed by atoms with Crippen LogP contribution in [0.5, 0.6) is 0 Å². The van der Waals surface area contributed by atoms with Gasteiger partial charge in [0.15, 0.2) is 5.69 Å². The topological polar surface area (TPSA) is 75.4 Å². The van der Waals surface area contributed by atoms with Gasteiger partial charge in [-0.15, -0.1) is 0 Å². The van der Waals surface area contributed by atoms with Gasteiger partial charge in [0.25, 0.3) is 5.91 Å². The molecule has 2 N–H and O–H groups in total. The lowest BCUT2D eigenvalue weighted by molar-refractivity contribution is 0.0908. The van der Waals surface area contributed by atoms with Crippen LogP contribution in [0.4, 0.5) is 0 Å². The largest absolute Gasteiger partial charge is 0.393 e. The maximum absolute atomic E-state index is 11.5. The smallest absolute Gasteiger partial charge is 0.273 e. The van der Waals surface area contributed by atoms with E-state index < -0.39 is 0 Å². The fourth-order valence-electron chi connectivity index (χ4n) is 1.90. The van der Waals surface area contributed by atoms with E-state index in [4.69, 9.17) is 0 Å². The summed E-state index contributed by atoms with van der Waals surface area (Å²) in [6, 6.07) is 1.51. The SMILES string of the molecule is O=C(NCC1CCCC1O)c1ccon1. The predicted molar refractivity (Wildman–Crippen MR) is 52.2 cm³/mol. The third kappa shape index (κ3) is 2.36. The monoisotopic (exact) mass is 210 g/mol. The van der Waals surface area contributed by atoms with E-state index in [1.54, 1.807) is 0 Å². The summed E-state index contributed by atoms with van der Waals surface area (Å²) in [5, 5.41) is 15.8. The molecule has 1 aliphatic rings. The van der Waals surface area contributed by atoms with Gasteiger partial charge >= 0.3 is 0 Å². The number of nitrogens with one attached hydrogen (secondary N) is 1. The van der Waals surface area contributed by atoms with E-state index in [1.807, 2.05) is 0 Å². The molecular formula is C10H14N2O3. The van der Waals surface area contributed by atoms with Crippen LogP contribution >= 0.6 is 0 Å². The van der Waals surface area contributed by atoms with Crippen LogP contribution in [-0.2, 0) is 0 Å². The minimum Gasteiger partial charge on any atom is -0.393 e. The highest BCUT2D eigenvalue weighted by Gasteiger charge is 2.25. The molecule has 0 aliphatic heterocycles. The van der Waals surface area contributed by atoms with Crippen molar-refractivity contribution in [1.82, 2.24) is 10.5 Å². The van der Waals surface area contributed by atoms with E-state index >= 15 is 0 Å². The Morgan fingerprint density at radius 2 is 2.53 bits per heavy atom. The van der Waals surface area contributed by atoms with Gasteiger partial charge in [-0.05, 0) is 12.8 Å². The normalized spacial score (nSPS) is 25.4. The Bertz CT molecular complexity index is 323. The minimum atomic E-state index is -0.275.